The molecule has 7 heteroatoms. The minimum atomic E-state index is 0.0396. The second-order valence-corrected chi connectivity index (χ2v) is 7.21. The Hall–Kier alpha value is -1.53. The third kappa shape index (κ3) is 5.47. The first kappa shape index (κ1) is 19.8. The van der Waals surface area contributed by atoms with Gasteiger partial charge in [-0.25, -0.2) is 0 Å². The van der Waals surface area contributed by atoms with Crippen molar-refractivity contribution in [3.05, 3.63) is 29.3 Å². The van der Waals surface area contributed by atoms with Crippen molar-refractivity contribution >= 4 is 29.3 Å². The van der Waals surface area contributed by atoms with E-state index < -0.39 is 0 Å². The van der Waals surface area contributed by atoms with E-state index in [0.717, 1.165) is 42.4 Å². The Morgan fingerprint density at radius 2 is 1.88 bits per heavy atom. The number of hydrogen-bond donors (Lipinski definition) is 1. The summed E-state index contributed by atoms with van der Waals surface area (Å²) in [4.78, 5) is 12.1. The third-order valence-electron chi connectivity index (χ3n) is 3.95. The number of thioether (sulfide) groups is 1. The number of halogens is 1. The van der Waals surface area contributed by atoms with Crippen molar-refractivity contribution < 1.29 is 4.79 Å². The van der Waals surface area contributed by atoms with Crippen LogP contribution in [0.15, 0.2) is 29.4 Å². The quantitative estimate of drug-likeness (QED) is 0.655. The predicted octanol–water partition coefficient (Wildman–Crippen LogP) is 4.41. The van der Waals surface area contributed by atoms with Gasteiger partial charge in [-0.2, -0.15) is 0 Å². The van der Waals surface area contributed by atoms with E-state index in [1.807, 2.05) is 24.3 Å². The normalized spacial score (nSPS) is 11.1. The summed E-state index contributed by atoms with van der Waals surface area (Å²) in [5.74, 6) is 1.19. The zero-order valence-electron chi connectivity index (χ0n) is 15.0. The fraction of sp³-hybridized carbons (Fsp3) is 0.500. The number of hydrogen-bond acceptors (Lipinski definition) is 4. The van der Waals surface area contributed by atoms with Crippen LogP contribution in [0.2, 0.25) is 5.02 Å². The molecule has 1 N–H and O–H groups in total. The van der Waals surface area contributed by atoms with Gasteiger partial charge in [-0.15, -0.1) is 10.2 Å². The first-order valence-electron chi connectivity index (χ1n) is 8.70. The molecule has 1 aromatic carbocycles. The molecule has 0 spiro atoms. The molecule has 0 aliphatic carbocycles. The van der Waals surface area contributed by atoms with E-state index in [1.54, 1.807) is 0 Å². The van der Waals surface area contributed by atoms with Crippen molar-refractivity contribution in [1.82, 2.24) is 20.1 Å². The summed E-state index contributed by atoms with van der Waals surface area (Å²) in [5.41, 5.74) is 0.971. The van der Waals surface area contributed by atoms with E-state index in [4.69, 9.17) is 11.6 Å². The molecule has 0 aliphatic rings. The molecule has 0 radical (unpaired) electrons. The van der Waals surface area contributed by atoms with Gasteiger partial charge in [0.25, 0.3) is 0 Å². The topological polar surface area (TPSA) is 59.8 Å². The zero-order chi connectivity index (χ0) is 18.2. The molecule has 1 heterocycles. The van der Waals surface area contributed by atoms with E-state index in [-0.39, 0.29) is 11.9 Å². The molecule has 0 saturated heterocycles. The first-order chi connectivity index (χ1) is 12.1. The fourth-order valence-corrected chi connectivity index (χ4v) is 3.43. The lowest BCUT2D eigenvalue weighted by atomic mass is 10.2. The first-order valence-corrected chi connectivity index (χ1v) is 10.1. The largest absolute Gasteiger partial charge is 0.353 e. The Bertz CT molecular complexity index is 683. The van der Waals surface area contributed by atoms with Crippen molar-refractivity contribution in [2.24, 2.45) is 0 Å². The molecule has 1 amide bonds. The van der Waals surface area contributed by atoms with E-state index >= 15 is 0 Å². The van der Waals surface area contributed by atoms with Crippen molar-refractivity contribution in [1.29, 1.82) is 0 Å². The number of rotatable bonds is 9. The fourth-order valence-electron chi connectivity index (χ4n) is 2.53. The highest BCUT2D eigenvalue weighted by Gasteiger charge is 2.16. The van der Waals surface area contributed by atoms with Gasteiger partial charge in [-0.3, -0.25) is 4.79 Å². The molecule has 5 nitrogen and oxygen atoms in total. The zero-order valence-corrected chi connectivity index (χ0v) is 16.5. The SMILES string of the molecule is CCCn1c(SCC(=O)NC(CC)CC)nnc1-c1ccc(Cl)cc1. The Morgan fingerprint density at radius 1 is 1.20 bits per heavy atom. The molecule has 1 aromatic heterocycles. The highest BCUT2D eigenvalue weighted by atomic mass is 35.5. The Balaban J connectivity index is 2.10. The molecule has 2 rings (SSSR count). The molecule has 0 fully saturated rings. The predicted molar refractivity (Wildman–Crippen MR) is 104 cm³/mol. The van der Waals surface area contributed by atoms with Crippen molar-refractivity contribution in [3.8, 4) is 11.4 Å². The van der Waals surface area contributed by atoms with Crippen LogP contribution < -0.4 is 5.32 Å². The summed E-state index contributed by atoms with van der Waals surface area (Å²) in [5, 5.41) is 13.1. The van der Waals surface area contributed by atoms with Crippen LogP contribution in [-0.4, -0.2) is 32.5 Å². The summed E-state index contributed by atoms with van der Waals surface area (Å²) in [7, 11) is 0. The van der Waals surface area contributed by atoms with Gasteiger partial charge in [0.05, 0.1) is 5.75 Å². The average Bonchev–Trinajstić information content (AvgIpc) is 3.01. The maximum Gasteiger partial charge on any atom is 0.230 e. The maximum absolute atomic E-state index is 12.1. The highest BCUT2D eigenvalue weighted by Crippen LogP contribution is 2.25. The molecule has 0 saturated carbocycles. The Morgan fingerprint density at radius 3 is 2.48 bits per heavy atom. The van der Waals surface area contributed by atoms with Crippen LogP contribution in [0, 0.1) is 0 Å². The van der Waals surface area contributed by atoms with Crippen molar-refractivity contribution in [2.45, 2.75) is 57.8 Å². The van der Waals surface area contributed by atoms with Gasteiger partial charge in [0.2, 0.25) is 5.91 Å². The van der Waals surface area contributed by atoms with Gasteiger partial charge in [-0.05, 0) is 43.5 Å². The number of benzene rings is 1. The lowest BCUT2D eigenvalue weighted by molar-refractivity contribution is -0.119. The summed E-state index contributed by atoms with van der Waals surface area (Å²) in [6, 6.07) is 7.81. The molecular formula is C18H25ClN4OS. The van der Waals surface area contributed by atoms with Gasteiger partial charge >= 0.3 is 0 Å². The van der Waals surface area contributed by atoms with Crippen LogP contribution in [0.25, 0.3) is 11.4 Å². The monoisotopic (exact) mass is 380 g/mol. The number of aromatic nitrogens is 3. The van der Waals surface area contributed by atoms with E-state index in [2.05, 4.69) is 40.9 Å². The molecule has 0 atom stereocenters. The minimum Gasteiger partial charge on any atom is -0.353 e. The van der Waals surface area contributed by atoms with E-state index in [1.165, 1.54) is 11.8 Å². The van der Waals surface area contributed by atoms with Crippen molar-refractivity contribution in [3.63, 3.8) is 0 Å². The third-order valence-corrected chi connectivity index (χ3v) is 5.17. The molecule has 25 heavy (non-hydrogen) atoms. The standard InChI is InChI=1S/C18H25ClN4OS/c1-4-11-23-17(13-7-9-14(19)10-8-13)21-22-18(23)25-12-16(24)20-15(5-2)6-3/h7-10,15H,4-6,11-12H2,1-3H3,(H,20,24). The van der Waals surface area contributed by atoms with Crippen LogP contribution >= 0.6 is 23.4 Å². The molecule has 0 unspecified atom stereocenters. The van der Waals surface area contributed by atoms with Crippen LogP contribution in [-0.2, 0) is 11.3 Å². The van der Waals surface area contributed by atoms with Gasteiger partial charge < -0.3 is 9.88 Å². The lowest BCUT2D eigenvalue weighted by Crippen LogP contribution is -2.35. The molecule has 136 valence electrons. The maximum atomic E-state index is 12.1. The second kappa shape index (κ2) is 9.82. The number of nitrogens with one attached hydrogen (secondary N) is 1. The van der Waals surface area contributed by atoms with E-state index in [9.17, 15) is 4.79 Å². The molecule has 0 aliphatic heterocycles. The Kier molecular flexibility index (Phi) is 7.78. The van der Waals surface area contributed by atoms with Gasteiger partial charge in [-0.1, -0.05) is 44.1 Å². The van der Waals surface area contributed by atoms with Gasteiger partial charge in [0.1, 0.15) is 0 Å². The lowest BCUT2D eigenvalue weighted by Gasteiger charge is -2.14. The summed E-state index contributed by atoms with van der Waals surface area (Å²) in [6.07, 6.45) is 2.85. The summed E-state index contributed by atoms with van der Waals surface area (Å²) in [6.45, 7) is 7.08. The number of nitrogens with zero attached hydrogens (tertiary/aromatic N) is 3. The second-order valence-electron chi connectivity index (χ2n) is 5.83. The molecule has 2 aromatic rings. The van der Waals surface area contributed by atoms with Crippen molar-refractivity contribution in [2.75, 3.05) is 5.75 Å². The van der Waals surface area contributed by atoms with Crippen LogP contribution in [0.4, 0.5) is 0 Å². The number of carbonyl (C=O) groups is 1. The average molecular weight is 381 g/mol. The molecular weight excluding hydrogens is 356 g/mol. The Labute approximate surface area is 158 Å². The van der Waals surface area contributed by atoms with Gasteiger partial charge in [0, 0.05) is 23.2 Å². The van der Waals surface area contributed by atoms with Crippen LogP contribution in [0.1, 0.15) is 40.0 Å². The smallest absolute Gasteiger partial charge is 0.230 e. The minimum absolute atomic E-state index is 0.0396. The highest BCUT2D eigenvalue weighted by molar-refractivity contribution is 7.99. The van der Waals surface area contributed by atoms with Crippen LogP contribution in [0.3, 0.4) is 0 Å². The van der Waals surface area contributed by atoms with E-state index in [0.29, 0.717) is 10.8 Å². The van der Waals surface area contributed by atoms with Gasteiger partial charge in [0.15, 0.2) is 11.0 Å². The number of amides is 1. The van der Waals surface area contributed by atoms with Crippen LogP contribution in [0.5, 0.6) is 0 Å². The molecule has 0 bridgehead atoms. The summed E-state index contributed by atoms with van der Waals surface area (Å²) >= 11 is 7.39. The summed E-state index contributed by atoms with van der Waals surface area (Å²) < 4.78 is 2.07. The number of carbonyl (C=O) groups excluding carboxylic acids is 1.